The lowest BCUT2D eigenvalue weighted by molar-refractivity contribution is 0.102. The van der Waals surface area contributed by atoms with Crippen LogP contribution in [0.3, 0.4) is 0 Å². The number of hydrogen-bond acceptors (Lipinski definition) is 5. The van der Waals surface area contributed by atoms with E-state index >= 15 is 0 Å². The molecule has 0 saturated carbocycles. The quantitative estimate of drug-likeness (QED) is 0.773. The molecule has 9 heteroatoms. The number of nitrogens with zero attached hydrogens (tertiary/aromatic N) is 2. The van der Waals surface area contributed by atoms with Crippen molar-refractivity contribution >= 4 is 63.1 Å². The van der Waals surface area contributed by atoms with Crippen molar-refractivity contribution in [1.82, 2.24) is 9.97 Å². The van der Waals surface area contributed by atoms with Gasteiger partial charge in [0.1, 0.15) is 5.69 Å². The average Bonchev–Trinajstić information content (AvgIpc) is 2.80. The van der Waals surface area contributed by atoms with Crippen molar-refractivity contribution in [2.24, 2.45) is 5.73 Å². The molecule has 0 aromatic carbocycles. The van der Waals surface area contributed by atoms with Crippen LogP contribution < -0.4 is 11.1 Å². The molecular weight excluding hydrogens is 411 g/mol. The van der Waals surface area contributed by atoms with E-state index < -0.39 is 0 Å². The van der Waals surface area contributed by atoms with Gasteiger partial charge in [-0.25, -0.2) is 9.97 Å². The Kier molecular flexibility index (Phi) is 7.21. The Morgan fingerprint density at radius 3 is 2.86 bits per heavy atom. The van der Waals surface area contributed by atoms with E-state index in [2.05, 4.69) is 31.2 Å². The highest BCUT2D eigenvalue weighted by Crippen LogP contribution is 2.29. The van der Waals surface area contributed by atoms with Crippen LogP contribution in [0.1, 0.15) is 27.5 Å². The number of amides is 1. The Morgan fingerprint density at radius 1 is 1.41 bits per heavy atom. The Balaban J connectivity index is 0.00000121. The molecule has 1 aliphatic rings. The Bertz CT molecular complexity index is 650. The third kappa shape index (κ3) is 4.39. The van der Waals surface area contributed by atoms with E-state index in [0.717, 1.165) is 29.4 Å². The summed E-state index contributed by atoms with van der Waals surface area (Å²) >= 11 is 4.79. The molecule has 22 heavy (non-hydrogen) atoms. The lowest BCUT2D eigenvalue weighted by Crippen LogP contribution is -2.27. The molecule has 1 atom stereocenters. The molecule has 0 bridgehead atoms. The molecule has 120 valence electrons. The van der Waals surface area contributed by atoms with Gasteiger partial charge in [-0.05, 0) is 47.3 Å². The van der Waals surface area contributed by atoms with Gasteiger partial charge in [0.25, 0.3) is 5.91 Å². The fourth-order valence-electron chi connectivity index (χ4n) is 2.13. The summed E-state index contributed by atoms with van der Waals surface area (Å²) in [5.41, 5.74) is 7.38. The van der Waals surface area contributed by atoms with Crippen molar-refractivity contribution in [1.29, 1.82) is 0 Å². The molecule has 0 radical (unpaired) electrons. The fourth-order valence-corrected chi connectivity index (χ4v) is 3.46. The number of aryl methyl sites for hydroxylation is 1. The zero-order valence-electron chi connectivity index (χ0n) is 11.4. The second-order valence-electron chi connectivity index (χ2n) is 4.71. The monoisotopic (exact) mass is 424 g/mol. The van der Waals surface area contributed by atoms with E-state index in [1.165, 1.54) is 16.2 Å². The number of anilines is 1. The normalized spacial score (nSPS) is 16.0. The summed E-state index contributed by atoms with van der Waals surface area (Å²) in [6.45, 7) is 0. The molecule has 0 unspecified atom stereocenters. The smallest absolute Gasteiger partial charge is 0.276 e. The SMILES string of the molecule is Cl.Cl.N[C@H]1CCc2nc(NC(=O)c3ccc(Br)cn3)sc2C1. The van der Waals surface area contributed by atoms with Gasteiger partial charge in [0.15, 0.2) is 5.13 Å². The van der Waals surface area contributed by atoms with Crippen LogP contribution in [0.2, 0.25) is 0 Å². The first-order valence-electron chi connectivity index (χ1n) is 6.29. The number of nitrogens with one attached hydrogen (secondary N) is 1. The van der Waals surface area contributed by atoms with E-state index in [9.17, 15) is 4.79 Å². The molecule has 2 aromatic heterocycles. The van der Waals surface area contributed by atoms with Crippen LogP contribution in [0.25, 0.3) is 0 Å². The number of rotatable bonds is 2. The van der Waals surface area contributed by atoms with Gasteiger partial charge >= 0.3 is 0 Å². The summed E-state index contributed by atoms with van der Waals surface area (Å²) in [6.07, 6.45) is 4.29. The van der Waals surface area contributed by atoms with Crippen molar-refractivity contribution < 1.29 is 4.79 Å². The number of hydrogen-bond donors (Lipinski definition) is 2. The summed E-state index contributed by atoms with van der Waals surface area (Å²) in [5.74, 6) is -0.243. The molecule has 3 N–H and O–H groups in total. The number of halogens is 3. The minimum absolute atomic E-state index is 0. The minimum atomic E-state index is -0.243. The lowest BCUT2D eigenvalue weighted by Gasteiger charge is -2.15. The number of nitrogens with two attached hydrogens (primary N) is 1. The van der Waals surface area contributed by atoms with Crippen LogP contribution in [-0.2, 0) is 12.8 Å². The van der Waals surface area contributed by atoms with Crippen molar-refractivity contribution in [2.75, 3.05) is 5.32 Å². The summed E-state index contributed by atoms with van der Waals surface area (Å²) < 4.78 is 0.841. The lowest BCUT2D eigenvalue weighted by atomic mass is 9.99. The zero-order chi connectivity index (χ0) is 14.1. The molecule has 0 fully saturated rings. The summed E-state index contributed by atoms with van der Waals surface area (Å²) in [6, 6.07) is 3.66. The first-order valence-corrected chi connectivity index (χ1v) is 7.90. The van der Waals surface area contributed by atoms with E-state index in [0.29, 0.717) is 10.8 Å². The molecule has 0 aliphatic heterocycles. The van der Waals surface area contributed by atoms with Gasteiger partial charge in [0, 0.05) is 21.6 Å². The van der Waals surface area contributed by atoms with E-state index in [1.807, 2.05) is 0 Å². The second-order valence-corrected chi connectivity index (χ2v) is 6.71. The maximum absolute atomic E-state index is 12.1. The van der Waals surface area contributed by atoms with Gasteiger partial charge < -0.3 is 5.73 Å². The van der Waals surface area contributed by atoms with Crippen LogP contribution in [0, 0.1) is 0 Å². The van der Waals surface area contributed by atoms with E-state index in [4.69, 9.17) is 5.73 Å². The van der Waals surface area contributed by atoms with Crippen molar-refractivity contribution in [2.45, 2.75) is 25.3 Å². The standard InChI is InChI=1S/C13H13BrN4OS.2ClH/c14-7-1-3-10(16-6-7)12(19)18-13-17-9-4-2-8(15)5-11(9)20-13;;/h1,3,6,8H,2,4-5,15H2,(H,17,18,19);2*1H/t8-;;/m0../s1. The number of thiazole rings is 1. The predicted molar refractivity (Wildman–Crippen MR) is 96.5 cm³/mol. The van der Waals surface area contributed by atoms with Gasteiger partial charge in [-0.1, -0.05) is 0 Å². The molecular formula is C13H15BrCl2N4OS. The highest BCUT2D eigenvalue weighted by Gasteiger charge is 2.21. The highest BCUT2D eigenvalue weighted by atomic mass is 79.9. The summed E-state index contributed by atoms with van der Waals surface area (Å²) in [5, 5.41) is 3.42. The maximum atomic E-state index is 12.1. The molecule has 1 amide bonds. The summed E-state index contributed by atoms with van der Waals surface area (Å²) in [7, 11) is 0. The molecule has 2 aromatic rings. The summed E-state index contributed by atoms with van der Waals surface area (Å²) in [4.78, 5) is 21.8. The molecule has 0 saturated heterocycles. The first kappa shape index (κ1) is 19.3. The maximum Gasteiger partial charge on any atom is 0.276 e. The van der Waals surface area contributed by atoms with Crippen molar-refractivity contribution in [3.63, 3.8) is 0 Å². The zero-order valence-corrected chi connectivity index (χ0v) is 15.4. The number of carbonyl (C=O) groups is 1. The van der Waals surface area contributed by atoms with E-state index in [1.54, 1.807) is 18.3 Å². The molecule has 2 heterocycles. The second kappa shape index (κ2) is 8.21. The van der Waals surface area contributed by atoms with Gasteiger partial charge in [-0.15, -0.1) is 36.2 Å². The number of fused-ring (bicyclic) bond motifs is 1. The van der Waals surface area contributed by atoms with Crippen LogP contribution in [-0.4, -0.2) is 21.9 Å². The number of aromatic nitrogens is 2. The topological polar surface area (TPSA) is 80.9 Å². The Morgan fingerprint density at radius 2 is 2.18 bits per heavy atom. The number of carbonyl (C=O) groups excluding carboxylic acids is 1. The van der Waals surface area contributed by atoms with Crippen molar-refractivity contribution in [3.8, 4) is 0 Å². The van der Waals surface area contributed by atoms with Crippen LogP contribution in [0.4, 0.5) is 5.13 Å². The van der Waals surface area contributed by atoms with Gasteiger partial charge in [-0.2, -0.15) is 0 Å². The third-order valence-corrected chi connectivity index (χ3v) is 4.66. The Labute approximate surface area is 153 Å². The molecule has 0 spiro atoms. The number of pyridine rings is 1. The Hall–Kier alpha value is -0.730. The highest BCUT2D eigenvalue weighted by molar-refractivity contribution is 9.10. The van der Waals surface area contributed by atoms with Crippen molar-refractivity contribution in [3.05, 3.63) is 39.1 Å². The minimum Gasteiger partial charge on any atom is -0.327 e. The van der Waals surface area contributed by atoms with Gasteiger partial charge in [0.2, 0.25) is 0 Å². The van der Waals surface area contributed by atoms with E-state index in [-0.39, 0.29) is 36.8 Å². The predicted octanol–water partition coefficient (Wildman–Crippen LogP) is 3.21. The van der Waals surface area contributed by atoms with Crippen LogP contribution in [0.5, 0.6) is 0 Å². The fraction of sp³-hybridized carbons (Fsp3) is 0.308. The van der Waals surface area contributed by atoms with Gasteiger partial charge in [-0.3, -0.25) is 10.1 Å². The molecule has 5 nitrogen and oxygen atoms in total. The molecule has 1 aliphatic carbocycles. The largest absolute Gasteiger partial charge is 0.327 e. The first-order chi connectivity index (χ1) is 9.61. The van der Waals surface area contributed by atoms with Gasteiger partial charge in [0.05, 0.1) is 5.69 Å². The van der Waals surface area contributed by atoms with Crippen LogP contribution in [0.15, 0.2) is 22.8 Å². The average molecular weight is 426 g/mol. The third-order valence-electron chi connectivity index (χ3n) is 3.16. The van der Waals surface area contributed by atoms with Crippen LogP contribution >= 0.6 is 52.1 Å². The molecule has 3 rings (SSSR count).